The van der Waals surface area contributed by atoms with Gasteiger partial charge < -0.3 is 9.47 Å². The number of alkyl carbamates (subject to hydrolysis) is 1. The zero-order valence-corrected chi connectivity index (χ0v) is 18.2. The second-order valence-electron chi connectivity index (χ2n) is 6.55. The van der Waals surface area contributed by atoms with Gasteiger partial charge in [0.1, 0.15) is 5.75 Å². The quantitative estimate of drug-likeness (QED) is 0.116. The summed E-state index contributed by atoms with van der Waals surface area (Å²) in [7, 11) is 3.50. The van der Waals surface area contributed by atoms with Crippen LogP contribution in [0.4, 0.5) is 4.79 Å². The first-order valence-electron chi connectivity index (χ1n) is 9.14. The molecule has 0 aliphatic carbocycles. The summed E-state index contributed by atoms with van der Waals surface area (Å²) >= 11 is 0. The number of carbonyl (C=O) groups is 2. The maximum atomic E-state index is 12.0. The molecule has 1 rings (SSSR count). The van der Waals surface area contributed by atoms with Crippen LogP contribution in [0.3, 0.4) is 0 Å². The highest BCUT2D eigenvalue weighted by Gasteiger charge is 2.23. The van der Waals surface area contributed by atoms with Crippen molar-refractivity contribution in [1.29, 1.82) is 0 Å². The second-order valence-corrected chi connectivity index (χ2v) is 9.54. The van der Waals surface area contributed by atoms with E-state index in [9.17, 15) is 9.59 Å². The summed E-state index contributed by atoms with van der Waals surface area (Å²) < 4.78 is 10.3. The van der Waals surface area contributed by atoms with Gasteiger partial charge in [0.15, 0.2) is 0 Å². The number of carbonyl (C=O) groups excluding carboxylic acids is 2. The Balaban J connectivity index is 2.26. The van der Waals surface area contributed by atoms with E-state index in [0.717, 1.165) is 41.4 Å². The number of thiol groups is 1. The lowest BCUT2D eigenvalue weighted by molar-refractivity contribution is -0.164. The lowest BCUT2D eigenvalue weighted by Crippen LogP contribution is -2.30. The number of unbranched alkanes of at least 4 members (excludes halogenated alkanes) is 1. The molecule has 7 heteroatoms. The fourth-order valence-electron chi connectivity index (χ4n) is 2.56. The lowest BCUT2D eigenvalue weighted by Gasteiger charge is -2.17. The summed E-state index contributed by atoms with van der Waals surface area (Å²) in [6.07, 6.45) is 5.04. The molecule has 26 heavy (non-hydrogen) atoms. The molecule has 1 fully saturated rings. The van der Waals surface area contributed by atoms with Crippen molar-refractivity contribution in [2.45, 2.75) is 78.3 Å². The molecule has 0 aromatic carbocycles. The van der Waals surface area contributed by atoms with Crippen LogP contribution in [-0.4, -0.2) is 29.4 Å². The molecule has 1 amide bonds. The van der Waals surface area contributed by atoms with Gasteiger partial charge in [-0.1, -0.05) is 18.1 Å². The van der Waals surface area contributed by atoms with E-state index in [0.29, 0.717) is 6.42 Å². The first-order valence-corrected chi connectivity index (χ1v) is 11.7. The van der Waals surface area contributed by atoms with Gasteiger partial charge in [0.25, 0.3) is 0 Å². The van der Waals surface area contributed by atoms with Gasteiger partial charge in [-0.05, 0) is 46.1 Å². The zero-order valence-electron chi connectivity index (χ0n) is 16.5. The molecule has 0 radical (unpaired) electrons. The minimum Gasteiger partial charge on any atom is -0.425 e. The summed E-state index contributed by atoms with van der Waals surface area (Å²) in [6.45, 7) is 9.19. The number of rotatable bonds is 9. The van der Waals surface area contributed by atoms with Crippen LogP contribution < -0.4 is 5.32 Å². The molecule has 2 unspecified atom stereocenters. The normalized spacial score (nSPS) is 18.2. The third-order valence-electron chi connectivity index (χ3n) is 4.05. The summed E-state index contributed by atoms with van der Waals surface area (Å²) in [5.41, 5.74) is 2.65. The van der Waals surface area contributed by atoms with Crippen LogP contribution in [0.1, 0.15) is 66.7 Å². The number of nitrogens with one attached hydrogen (secondary N) is 1. The van der Waals surface area contributed by atoms with Crippen molar-refractivity contribution in [2.75, 3.05) is 5.75 Å². The molecule has 5 nitrogen and oxygen atoms in total. The SMILES string of the molecule is C/C=C(/C)C(NC(=O)OC(C)OC(=O)CCCCC1CC[SH+]S1)=C(C)C. The summed E-state index contributed by atoms with van der Waals surface area (Å²) in [6, 6.07) is 0. The van der Waals surface area contributed by atoms with Crippen LogP contribution in [0, 0.1) is 0 Å². The Hall–Kier alpha value is -1.08. The molecule has 0 spiro atoms. The zero-order chi connectivity index (χ0) is 19.5. The number of allylic oxidation sites excluding steroid dienone is 3. The van der Waals surface area contributed by atoms with Crippen LogP contribution in [-0.2, 0) is 25.1 Å². The molecular weight excluding hydrogens is 370 g/mol. The van der Waals surface area contributed by atoms with Crippen LogP contribution in [0.5, 0.6) is 0 Å². The van der Waals surface area contributed by atoms with E-state index < -0.39 is 12.4 Å². The van der Waals surface area contributed by atoms with Crippen molar-refractivity contribution in [3.63, 3.8) is 0 Å². The molecule has 0 aromatic rings. The molecule has 1 N–H and O–H groups in total. The van der Waals surface area contributed by atoms with Gasteiger partial charge in [0, 0.05) is 36.3 Å². The van der Waals surface area contributed by atoms with Crippen LogP contribution in [0.15, 0.2) is 22.9 Å². The minimum atomic E-state index is -0.906. The molecule has 1 heterocycles. The van der Waals surface area contributed by atoms with E-state index in [1.165, 1.54) is 23.0 Å². The third kappa shape index (κ3) is 9.03. The van der Waals surface area contributed by atoms with E-state index >= 15 is 0 Å². The third-order valence-corrected chi connectivity index (χ3v) is 7.30. The van der Waals surface area contributed by atoms with Gasteiger partial charge in [0.2, 0.25) is 6.29 Å². The van der Waals surface area contributed by atoms with Gasteiger partial charge in [-0.3, -0.25) is 10.1 Å². The topological polar surface area (TPSA) is 64.6 Å². The Bertz CT molecular complexity index is 536. The molecule has 2 atom stereocenters. The second kappa shape index (κ2) is 12.3. The molecule has 0 saturated carbocycles. The van der Waals surface area contributed by atoms with Gasteiger partial charge in [-0.25, -0.2) is 4.79 Å². The standard InChI is InChI=1S/C19H31NO4S2/c1-6-14(4)18(13(2)3)20-19(22)24-15(5)23-17(21)10-8-7-9-16-11-12-25-26-16/h6,15-16H,7-12H2,1-5H3,(H,20,22)/p+1/b14-6-. The fourth-order valence-corrected chi connectivity index (χ4v) is 5.86. The van der Waals surface area contributed by atoms with E-state index in [2.05, 4.69) is 5.32 Å². The van der Waals surface area contributed by atoms with Crippen molar-refractivity contribution in [1.82, 2.24) is 5.32 Å². The predicted molar refractivity (Wildman–Crippen MR) is 111 cm³/mol. The average Bonchev–Trinajstić information content (AvgIpc) is 3.08. The molecule has 0 aromatic heterocycles. The fraction of sp³-hybridized carbons (Fsp3) is 0.684. The Morgan fingerprint density at radius 1 is 1.27 bits per heavy atom. The number of hydrogen-bond donors (Lipinski definition) is 1. The Kier molecular flexibility index (Phi) is 10.9. The Morgan fingerprint density at radius 3 is 2.58 bits per heavy atom. The van der Waals surface area contributed by atoms with Crippen molar-refractivity contribution < 1.29 is 19.1 Å². The van der Waals surface area contributed by atoms with Crippen molar-refractivity contribution in [3.05, 3.63) is 22.9 Å². The summed E-state index contributed by atoms with van der Waals surface area (Å²) in [5.74, 6) is 0.964. The van der Waals surface area contributed by atoms with Crippen molar-refractivity contribution in [3.8, 4) is 0 Å². The minimum absolute atomic E-state index is 0.324. The lowest BCUT2D eigenvalue weighted by atomic mass is 10.1. The first kappa shape index (κ1) is 23.0. The predicted octanol–water partition coefficient (Wildman–Crippen LogP) is 4.66. The highest BCUT2D eigenvalue weighted by molar-refractivity contribution is 8.67. The largest absolute Gasteiger partial charge is 0.425 e. The molecule has 148 valence electrons. The summed E-state index contributed by atoms with van der Waals surface area (Å²) in [4.78, 5) is 23.8. The number of ether oxygens (including phenoxy) is 2. The van der Waals surface area contributed by atoms with Crippen LogP contribution in [0.2, 0.25) is 0 Å². The summed E-state index contributed by atoms with van der Waals surface area (Å²) in [5, 5.41) is 3.46. The smallest absolute Gasteiger partial charge is 0.414 e. The highest BCUT2D eigenvalue weighted by atomic mass is 33.1. The molecule has 1 saturated heterocycles. The van der Waals surface area contributed by atoms with Gasteiger partial charge in [0.05, 0.1) is 16.0 Å². The highest BCUT2D eigenvalue weighted by Crippen LogP contribution is 2.29. The molecule has 1 aliphatic heterocycles. The Morgan fingerprint density at radius 2 is 2.00 bits per heavy atom. The van der Waals surface area contributed by atoms with E-state index in [4.69, 9.17) is 9.47 Å². The number of esters is 1. The molecule has 1 aliphatic rings. The number of hydrogen-bond acceptors (Lipinski definition) is 5. The average molecular weight is 403 g/mol. The van der Waals surface area contributed by atoms with Gasteiger partial charge in [-0.2, -0.15) is 0 Å². The monoisotopic (exact) mass is 402 g/mol. The van der Waals surface area contributed by atoms with E-state index in [1.807, 2.05) is 44.6 Å². The van der Waals surface area contributed by atoms with Crippen molar-refractivity contribution >= 4 is 33.7 Å². The molecule has 0 bridgehead atoms. The Labute approximate surface area is 165 Å². The maximum Gasteiger partial charge on any atom is 0.414 e. The van der Waals surface area contributed by atoms with E-state index in [1.54, 1.807) is 6.92 Å². The molecular formula is C19H32NO4S2+. The van der Waals surface area contributed by atoms with Crippen molar-refractivity contribution in [2.24, 2.45) is 0 Å². The van der Waals surface area contributed by atoms with Gasteiger partial charge in [-0.15, -0.1) is 0 Å². The number of amides is 1. The van der Waals surface area contributed by atoms with Crippen LogP contribution in [0.25, 0.3) is 0 Å². The van der Waals surface area contributed by atoms with Gasteiger partial charge >= 0.3 is 12.1 Å². The van der Waals surface area contributed by atoms with Crippen LogP contribution >= 0.6 is 10.8 Å². The van der Waals surface area contributed by atoms with E-state index in [-0.39, 0.29) is 5.97 Å². The first-order chi connectivity index (χ1) is 12.3. The maximum absolute atomic E-state index is 12.0.